The second kappa shape index (κ2) is 9.00. The molecule has 1 aromatic carbocycles. The predicted octanol–water partition coefficient (Wildman–Crippen LogP) is 2.84. The summed E-state index contributed by atoms with van der Waals surface area (Å²) in [5.74, 6) is 0.484. The second-order valence-electron chi connectivity index (χ2n) is 7.26. The fraction of sp³-hybridized carbons (Fsp3) is 0.476. The minimum absolute atomic E-state index is 0.216. The zero-order valence-corrected chi connectivity index (χ0v) is 18.1. The van der Waals surface area contributed by atoms with Crippen molar-refractivity contribution in [3.05, 3.63) is 47.3 Å². The van der Waals surface area contributed by atoms with E-state index in [0.717, 1.165) is 30.6 Å². The van der Waals surface area contributed by atoms with Crippen molar-refractivity contribution in [3.63, 3.8) is 0 Å². The molecule has 0 aliphatic carbocycles. The largest absolute Gasteiger partial charge is 0.494 e. The number of carbonyl (C=O) groups excluding carboxylic acids is 1. The topological polar surface area (TPSA) is 80.6 Å². The van der Waals surface area contributed by atoms with Crippen LogP contribution in [0.5, 0.6) is 5.75 Å². The van der Waals surface area contributed by atoms with Crippen LogP contribution in [0.25, 0.3) is 0 Å². The molecule has 1 N–H and O–H groups in total. The molecule has 1 aliphatic heterocycles. The third kappa shape index (κ3) is 4.64. The van der Waals surface area contributed by atoms with Crippen LogP contribution in [0.4, 0.5) is 0 Å². The number of hydrogen-bond donors (Lipinski definition) is 1. The summed E-state index contributed by atoms with van der Waals surface area (Å²) in [6, 6.07) is 9.01. The Hall–Kier alpha value is -2.32. The van der Waals surface area contributed by atoms with Crippen molar-refractivity contribution in [2.24, 2.45) is 7.05 Å². The Morgan fingerprint density at radius 3 is 2.41 bits per heavy atom. The molecule has 2 aromatic rings. The third-order valence-electron chi connectivity index (χ3n) is 5.34. The number of aromatic nitrogens is 1. The van der Waals surface area contributed by atoms with E-state index in [4.69, 9.17) is 4.74 Å². The highest BCUT2D eigenvalue weighted by Gasteiger charge is 2.30. The van der Waals surface area contributed by atoms with Gasteiger partial charge in [-0.05, 0) is 50.5 Å². The first-order valence-electron chi connectivity index (χ1n) is 10.0. The highest BCUT2D eigenvalue weighted by Crippen LogP contribution is 2.26. The molecule has 0 bridgehead atoms. The highest BCUT2D eigenvalue weighted by atomic mass is 32.2. The summed E-state index contributed by atoms with van der Waals surface area (Å²) in [5.41, 5.74) is 1.85. The smallest absolute Gasteiger partial charge is 0.268 e. The number of sulfonamides is 1. The molecule has 3 rings (SSSR count). The Morgan fingerprint density at radius 2 is 1.79 bits per heavy atom. The lowest BCUT2D eigenvalue weighted by atomic mass is 10.2. The van der Waals surface area contributed by atoms with Crippen molar-refractivity contribution < 1.29 is 17.9 Å². The summed E-state index contributed by atoms with van der Waals surface area (Å²) >= 11 is 0. The molecule has 8 heteroatoms. The van der Waals surface area contributed by atoms with Gasteiger partial charge in [0.05, 0.1) is 6.61 Å². The van der Waals surface area contributed by atoms with E-state index in [-0.39, 0.29) is 10.8 Å². The lowest BCUT2D eigenvalue weighted by Gasteiger charge is -2.25. The van der Waals surface area contributed by atoms with Crippen LogP contribution in [-0.4, -0.2) is 42.9 Å². The van der Waals surface area contributed by atoms with E-state index >= 15 is 0 Å². The summed E-state index contributed by atoms with van der Waals surface area (Å²) in [6.07, 6.45) is 2.81. The average Bonchev–Trinajstić information content (AvgIpc) is 3.04. The van der Waals surface area contributed by atoms with E-state index in [1.807, 2.05) is 31.2 Å². The van der Waals surface area contributed by atoms with Crippen LogP contribution in [0, 0.1) is 6.92 Å². The standard InChI is InChI=1S/C21H29N3O4S/c1-4-28-18-10-8-17(9-11-18)15-22-21(25)19-14-20(16(2)23(19)3)29(26,27)24-12-6-5-7-13-24/h8-11,14H,4-7,12-13,15H2,1-3H3,(H,22,25). The summed E-state index contributed by atoms with van der Waals surface area (Å²) in [7, 11) is -1.87. The van der Waals surface area contributed by atoms with Gasteiger partial charge in [0.1, 0.15) is 16.3 Å². The van der Waals surface area contributed by atoms with Crippen LogP contribution >= 0.6 is 0 Å². The molecular formula is C21H29N3O4S. The molecule has 29 heavy (non-hydrogen) atoms. The zero-order valence-electron chi connectivity index (χ0n) is 17.3. The van der Waals surface area contributed by atoms with E-state index in [0.29, 0.717) is 37.6 Å². The highest BCUT2D eigenvalue weighted by molar-refractivity contribution is 7.89. The molecule has 1 fully saturated rings. The molecule has 0 radical (unpaired) electrons. The molecule has 0 saturated carbocycles. The molecule has 1 amide bonds. The first-order chi connectivity index (χ1) is 13.8. The summed E-state index contributed by atoms with van der Waals surface area (Å²) < 4.78 is 34.6. The lowest BCUT2D eigenvalue weighted by Crippen LogP contribution is -2.35. The lowest BCUT2D eigenvalue weighted by molar-refractivity contribution is 0.0942. The number of carbonyl (C=O) groups is 1. The van der Waals surface area contributed by atoms with Crippen molar-refractivity contribution in [2.45, 2.75) is 44.6 Å². The zero-order chi connectivity index (χ0) is 21.0. The van der Waals surface area contributed by atoms with Gasteiger partial charge >= 0.3 is 0 Å². The Balaban J connectivity index is 1.73. The van der Waals surface area contributed by atoms with Gasteiger partial charge in [0.25, 0.3) is 5.91 Å². The Bertz CT molecular complexity index is 959. The van der Waals surface area contributed by atoms with Crippen LogP contribution in [0.2, 0.25) is 0 Å². The number of rotatable bonds is 7. The minimum atomic E-state index is -3.59. The molecule has 2 heterocycles. The quantitative estimate of drug-likeness (QED) is 0.748. The van der Waals surface area contributed by atoms with Crippen molar-refractivity contribution in [1.29, 1.82) is 0 Å². The van der Waals surface area contributed by atoms with Gasteiger partial charge in [-0.3, -0.25) is 4.79 Å². The Labute approximate surface area is 172 Å². The van der Waals surface area contributed by atoms with Crippen LogP contribution < -0.4 is 10.1 Å². The van der Waals surface area contributed by atoms with E-state index in [1.54, 1.807) is 18.5 Å². The van der Waals surface area contributed by atoms with Gasteiger partial charge in [0.2, 0.25) is 10.0 Å². The summed E-state index contributed by atoms with van der Waals surface area (Å²) in [5, 5.41) is 2.87. The van der Waals surface area contributed by atoms with Gasteiger partial charge in [-0.25, -0.2) is 8.42 Å². The first kappa shape index (κ1) is 21.4. The summed E-state index contributed by atoms with van der Waals surface area (Å²) in [6.45, 7) is 5.69. The first-order valence-corrected chi connectivity index (χ1v) is 11.4. The minimum Gasteiger partial charge on any atom is -0.494 e. The number of nitrogens with one attached hydrogen (secondary N) is 1. The number of amides is 1. The summed E-state index contributed by atoms with van der Waals surface area (Å²) in [4.78, 5) is 12.9. The molecule has 158 valence electrons. The van der Waals surface area contributed by atoms with Crippen molar-refractivity contribution in [3.8, 4) is 5.75 Å². The van der Waals surface area contributed by atoms with Crippen molar-refractivity contribution in [1.82, 2.24) is 14.2 Å². The fourth-order valence-electron chi connectivity index (χ4n) is 3.54. The monoisotopic (exact) mass is 419 g/mol. The Morgan fingerprint density at radius 1 is 1.14 bits per heavy atom. The fourth-order valence-corrected chi connectivity index (χ4v) is 5.33. The number of benzene rings is 1. The second-order valence-corrected chi connectivity index (χ2v) is 9.17. The van der Waals surface area contributed by atoms with Gasteiger partial charge in [-0.15, -0.1) is 0 Å². The molecule has 1 saturated heterocycles. The maximum atomic E-state index is 13.0. The van der Waals surface area contributed by atoms with Crippen LogP contribution in [0.1, 0.15) is 47.9 Å². The van der Waals surface area contributed by atoms with Gasteiger partial charge in [0.15, 0.2) is 0 Å². The van der Waals surface area contributed by atoms with Gasteiger partial charge in [0, 0.05) is 32.4 Å². The van der Waals surface area contributed by atoms with Crippen molar-refractivity contribution in [2.75, 3.05) is 19.7 Å². The van der Waals surface area contributed by atoms with Gasteiger partial charge < -0.3 is 14.6 Å². The van der Waals surface area contributed by atoms with Crippen LogP contribution in [-0.2, 0) is 23.6 Å². The number of hydrogen-bond acceptors (Lipinski definition) is 4. The van der Waals surface area contributed by atoms with E-state index in [2.05, 4.69) is 5.32 Å². The molecule has 1 aliphatic rings. The molecular weight excluding hydrogens is 390 g/mol. The van der Waals surface area contributed by atoms with E-state index in [9.17, 15) is 13.2 Å². The van der Waals surface area contributed by atoms with Crippen LogP contribution in [0.15, 0.2) is 35.2 Å². The van der Waals surface area contributed by atoms with Gasteiger partial charge in [-0.1, -0.05) is 18.6 Å². The normalized spacial score (nSPS) is 15.3. The van der Waals surface area contributed by atoms with Crippen LogP contribution in [0.3, 0.4) is 0 Å². The van der Waals surface area contributed by atoms with Crippen molar-refractivity contribution >= 4 is 15.9 Å². The maximum absolute atomic E-state index is 13.0. The maximum Gasteiger partial charge on any atom is 0.268 e. The van der Waals surface area contributed by atoms with Gasteiger partial charge in [-0.2, -0.15) is 4.31 Å². The number of piperidine rings is 1. The molecule has 0 spiro atoms. The van der Waals surface area contributed by atoms with E-state index < -0.39 is 10.0 Å². The number of nitrogens with zero attached hydrogens (tertiary/aromatic N) is 2. The number of ether oxygens (including phenoxy) is 1. The molecule has 0 atom stereocenters. The molecule has 7 nitrogen and oxygen atoms in total. The average molecular weight is 420 g/mol. The SMILES string of the molecule is CCOc1ccc(CNC(=O)c2cc(S(=O)(=O)N3CCCCC3)c(C)n2C)cc1. The Kier molecular flexibility index (Phi) is 6.64. The third-order valence-corrected chi connectivity index (χ3v) is 7.36. The van der Waals surface area contributed by atoms with E-state index in [1.165, 1.54) is 10.4 Å². The predicted molar refractivity (Wildman–Crippen MR) is 112 cm³/mol. The molecule has 0 unspecified atom stereocenters. The molecule has 1 aromatic heterocycles.